The molecular formula is C23H26FN3O2. The minimum Gasteiger partial charge on any atom is -0.497 e. The third-order valence-electron chi connectivity index (χ3n) is 4.99. The molecule has 0 saturated heterocycles. The number of aryl methyl sites for hydroxylation is 2. The molecule has 0 radical (unpaired) electrons. The third kappa shape index (κ3) is 4.83. The molecule has 1 N–H and O–H groups in total. The average molecular weight is 395 g/mol. The zero-order valence-corrected chi connectivity index (χ0v) is 17.2. The smallest absolute Gasteiger partial charge is 0.255 e. The van der Waals surface area contributed by atoms with Gasteiger partial charge in [0.2, 0.25) is 0 Å². The SMILES string of the molecule is COc1ccc(CCC(C)NC(=O)c2c(C)nn(-c3ccc(F)cc3)c2C)cc1. The summed E-state index contributed by atoms with van der Waals surface area (Å²) in [4.78, 5) is 12.8. The summed E-state index contributed by atoms with van der Waals surface area (Å²) in [7, 11) is 1.65. The summed E-state index contributed by atoms with van der Waals surface area (Å²) < 4.78 is 20.0. The van der Waals surface area contributed by atoms with E-state index in [1.807, 2.05) is 45.0 Å². The van der Waals surface area contributed by atoms with Crippen molar-refractivity contribution in [2.24, 2.45) is 0 Å². The van der Waals surface area contributed by atoms with Crippen LogP contribution >= 0.6 is 0 Å². The van der Waals surface area contributed by atoms with Crippen LogP contribution in [0.3, 0.4) is 0 Å². The minimum absolute atomic E-state index is 0.0116. The molecule has 2 aromatic carbocycles. The first-order valence-corrected chi connectivity index (χ1v) is 9.65. The van der Waals surface area contributed by atoms with E-state index in [-0.39, 0.29) is 17.8 Å². The standard InChI is InChI=1S/C23H26FN3O2/c1-15(5-6-18-7-13-21(29-4)14-8-18)25-23(28)22-16(2)26-27(17(22)3)20-11-9-19(24)10-12-20/h7-15H,5-6H2,1-4H3,(H,25,28). The Morgan fingerprint density at radius 2 is 1.79 bits per heavy atom. The fraction of sp³-hybridized carbons (Fsp3) is 0.304. The van der Waals surface area contributed by atoms with Gasteiger partial charge in [-0.2, -0.15) is 5.10 Å². The van der Waals surface area contributed by atoms with Crippen molar-refractivity contribution in [3.63, 3.8) is 0 Å². The van der Waals surface area contributed by atoms with Crippen LogP contribution in [0.5, 0.6) is 5.75 Å². The van der Waals surface area contributed by atoms with Crippen molar-refractivity contribution in [3.05, 3.63) is 76.9 Å². The predicted octanol–water partition coefficient (Wildman–Crippen LogP) is 4.39. The molecule has 0 bridgehead atoms. The van der Waals surface area contributed by atoms with E-state index in [1.54, 1.807) is 23.9 Å². The Morgan fingerprint density at radius 3 is 2.41 bits per heavy atom. The first-order chi connectivity index (χ1) is 13.9. The summed E-state index contributed by atoms with van der Waals surface area (Å²) in [5, 5.41) is 7.54. The Hall–Kier alpha value is -3.15. The first-order valence-electron chi connectivity index (χ1n) is 9.65. The van der Waals surface area contributed by atoms with Gasteiger partial charge in [-0.1, -0.05) is 12.1 Å². The van der Waals surface area contributed by atoms with Gasteiger partial charge in [0.25, 0.3) is 5.91 Å². The molecular weight excluding hydrogens is 369 g/mol. The van der Waals surface area contributed by atoms with Gasteiger partial charge < -0.3 is 10.1 Å². The minimum atomic E-state index is -0.307. The lowest BCUT2D eigenvalue weighted by molar-refractivity contribution is 0.0937. The van der Waals surface area contributed by atoms with Crippen LogP contribution in [0.2, 0.25) is 0 Å². The quantitative estimate of drug-likeness (QED) is 0.646. The summed E-state index contributed by atoms with van der Waals surface area (Å²) in [5.41, 5.74) is 3.85. The van der Waals surface area contributed by atoms with Crippen LogP contribution in [-0.4, -0.2) is 28.8 Å². The van der Waals surface area contributed by atoms with Gasteiger partial charge >= 0.3 is 0 Å². The second kappa shape index (κ2) is 8.90. The van der Waals surface area contributed by atoms with Crippen LogP contribution in [-0.2, 0) is 6.42 Å². The van der Waals surface area contributed by atoms with Crippen molar-refractivity contribution in [2.75, 3.05) is 7.11 Å². The third-order valence-corrected chi connectivity index (χ3v) is 4.99. The molecule has 3 aromatic rings. The Morgan fingerprint density at radius 1 is 1.14 bits per heavy atom. The molecule has 0 aliphatic carbocycles. The van der Waals surface area contributed by atoms with Crippen LogP contribution in [0.1, 0.15) is 40.7 Å². The van der Waals surface area contributed by atoms with Crippen molar-refractivity contribution in [2.45, 2.75) is 39.7 Å². The molecule has 6 heteroatoms. The molecule has 0 aliphatic rings. The lowest BCUT2D eigenvalue weighted by Gasteiger charge is -2.14. The molecule has 0 aliphatic heterocycles. The number of aromatic nitrogens is 2. The van der Waals surface area contributed by atoms with E-state index in [9.17, 15) is 9.18 Å². The predicted molar refractivity (Wildman–Crippen MR) is 111 cm³/mol. The number of ether oxygens (including phenoxy) is 1. The van der Waals surface area contributed by atoms with Gasteiger partial charge in [-0.15, -0.1) is 0 Å². The van der Waals surface area contributed by atoms with Crippen LogP contribution in [0.15, 0.2) is 48.5 Å². The highest BCUT2D eigenvalue weighted by molar-refractivity contribution is 5.96. The van der Waals surface area contributed by atoms with Crippen LogP contribution in [0, 0.1) is 19.7 Å². The molecule has 1 heterocycles. The summed E-state index contributed by atoms with van der Waals surface area (Å²) in [6, 6.07) is 14.0. The van der Waals surface area contributed by atoms with E-state index in [4.69, 9.17) is 4.74 Å². The summed E-state index contributed by atoms with van der Waals surface area (Å²) in [6.07, 6.45) is 1.68. The molecule has 3 rings (SSSR count). The highest BCUT2D eigenvalue weighted by Gasteiger charge is 2.20. The number of benzene rings is 2. The average Bonchev–Trinajstić information content (AvgIpc) is 3.01. The normalized spacial score (nSPS) is 11.9. The second-order valence-electron chi connectivity index (χ2n) is 7.20. The second-order valence-corrected chi connectivity index (χ2v) is 7.20. The molecule has 5 nitrogen and oxygen atoms in total. The van der Waals surface area contributed by atoms with Gasteiger partial charge in [0.1, 0.15) is 11.6 Å². The number of carbonyl (C=O) groups is 1. The molecule has 1 unspecified atom stereocenters. The molecule has 1 amide bonds. The van der Waals surface area contributed by atoms with E-state index in [0.29, 0.717) is 11.3 Å². The van der Waals surface area contributed by atoms with Gasteiger partial charge in [0.05, 0.1) is 29.7 Å². The Balaban J connectivity index is 1.66. The van der Waals surface area contributed by atoms with Gasteiger partial charge in [-0.05, 0) is 75.6 Å². The van der Waals surface area contributed by atoms with Gasteiger partial charge in [0, 0.05) is 6.04 Å². The molecule has 152 valence electrons. The highest BCUT2D eigenvalue weighted by atomic mass is 19.1. The van der Waals surface area contributed by atoms with Crippen molar-refractivity contribution >= 4 is 5.91 Å². The fourth-order valence-electron chi connectivity index (χ4n) is 3.35. The Bertz CT molecular complexity index is 979. The molecule has 0 spiro atoms. The zero-order chi connectivity index (χ0) is 21.0. The first kappa shape index (κ1) is 20.6. The van der Waals surface area contributed by atoms with E-state index in [1.165, 1.54) is 17.7 Å². The summed E-state index contributed by atoms with van der Waals surface area (Å²) in [5.74, 6) is 0.383. The monoisotopic (exact) mass is 395 g/mol. The Kier molecular flexibility index (Phi) is 6.32. The van der Waals surface area contributed by atoms with Crippen molar-refractivity contribution in [3.8, 4) is 11.4 Å². The number of nitrogens with zero attached hydrogens (tertiary/aromatic N) is 2. The van der Waals surface area contributed by atoms with Crippen LogP contribution < -0.4 is 10.1 Å². The van der Waals surface area contributed by atoms with E-state index in [2.05, 4.69) is 10.4 Å². The largest absolute Gasteiger partial charge is 0.497 e. The molecule has 29 heavy (non-hydrogen) atoms. The molecule has 1 aromatic heterocycles. The number of carbonyl (C=O) groups excluding carboxylic acids is 1. The number of hydrogen-bond donors (Lipinski definition) is 1. The van der Waals surface area contributed by atoms with Gasteiger partial charge in [-0.3, -0.25) is 4.79 Å². The summed E-state index contributed by atoms with van der Waals surface area (Å²) >= 11 is 0. The van der Waals surface area contributed by atoms with Crippen LogP contribution in [0.25, 0.3) is 5.69 Å². The van der Waals surface area contributed by atoms with E-state index in [0.717, 1.165) is 30.0 Å². The maximum atomic E-state index is 13.2. The number of nitrogens with one attached hydrogen (secondary N) is 1. The van der Waals surface area contributed by atoms with E-state index < -0.39 is 0 Å². The maximum absolute atomic E-state index is 13.2. The number of rotatable bonds is 7. The molecule has 0 fully saturated rings. The topological polar surface area (TPSA) is 56.1 Å². The van der Waals surface area contributed by atoms with E-state index >= 15 is 0 Å². The van der Waals surface area contributed by atoms with Crippen molar-refractivity contribution in [1.29, 1.82) is 0 Å². The fourth-order valence-corrected chi connectivity index (χ4v) is 3.35. The number of hydrogen-bond acceptors (Lipinski definition) is 3. The van der Waals surface area contributed by atoms with Crippen molar-refractivity contribution < 1.29 is 13.9 Å². The Labute approximate surface area is 170 Å². The summed E-state index contributed by atoms with van der Waals surface area (Å²) in [6.45, 7) is 5.65. The van der Waals surface area contributed by atoms with Gasteiger partial charge in [0.15, 0.2) is 0 Å². The van der Waals surface area contributed by atoms with Crippen LogP contribution in [0.4, 0.5) is 4.39 Å². The van der Waals surface area contributed by atoms with Crippen molar-refractivity contribution in [1.82, 2.24) is 15.1 Å². The number of amides is 1. The lowest BCUT2D eigenvalue weighted by Crippen LogP contribution is -2.33. The van der Waals surface area contributed by atoms with Gasteiger partial charge in [-0.25, -0.2) is 9.07 Å². The lowest BCUT2D eigenvalue weighted by atomic mass is 10.1. The number of halogens is 1. The number of methoxy groups -OCH3 is 1. The zero-order valence-electron chi connectivity index (χ0n) is 17.2. The molecule has 0 saturated carbocycles. The molecule has 1 atom stereocenters. The highest BCUT2D eigenvalue weighted by Crippen LogP contribution is 2.19. The maximum Gasteiger partial charge on any atom is 0.255 e.